The third kappa shape index (κ3) is 11.7. The average molecular weight is 694 g/mol. The number of rotatable bonds is 8. The molecule has 0 aliphatic rings. The van der Waals surface area contributed by atoms with Gasteiger partial charge in [0.15, 0.2) is 0 Å². The minimum absolute atomic E-state index is 0.620. The van der Waals surface area contributed by atoms with E-state index in [1.807, 2.05) is 48.8 Å². The van der Waals surface area contributed by atoms with E-state index in [1.54, 1.807) is 9.33 Å². The third-order valence-corrected chi connectivity index (χ3v) is 15.5. The Morgan fingerprint density at radius 2 is 0.860 bits per heavy atom. The molecule has 4 aromatic heterocycles. The summed E-state index contributed by atoms with van der Waals surface area (Å²) in [7, 11) is -1.87. The van der Waals surface area contributed by atoms with Gasteiger partial charge in [0.25, 0.3) is 0 Å². The third-order valence-electron chi connectivity index (χ3n) is 7.15. The summed E-state index contributed by atoms with van der Waals surface area (Å²) in [4.78, 5) is 17.9. The summed E-state index contributed by atoms with van der Waals surface area (Å²) >= 11 is -0.620. The van der Waals surface area contributed by atoms with Crippen molar-refractivity contribution in [1.29, 1.82) is 10.5 Å². The maximum atomic E-state index is 7.63. The molecule has 0 saturated heterocycles. The molecule has 0 aliphatic carbocycles. The second-order valence-corrected chi connectivity index (χ2v) is 21.6. The van der Waals surface area contributed by atoms with Crippen LogP contribution in [0.2, 0.25) is 22.2 Å². The molecule has 0 radical (unpaired) electrons. The van der Waals surface area contributed by atoms with Gasteiger partial charge in [0.1, 0.15) is 0 Å². The van der Waals surface area contributed by atoms with Crippen LogP contribution < -0.4 is 10.4 Å². The Bertz CT molecular complexity index is 1290. The molecule has 0 aromatic carbocycles. The van der Waals surface area contributed by atoms with E-state index in [-0.39, 0.29) is 0 Å². The van der Waals surface area contributed by atoms with Gasteiger partial charge in [-0.3, -0.25) is 19.9 Å². The molecule has 0 unspecified atom stereocenters. The van der Waals surface area contributed by atoms with Crippen molar-refractivity contribution in [3.8, 4) is 32.1 Å². The van der Waals surface area contributed by atoms with Crippen LogP contribution >= 0.6 is 0 Å². The fraction of sp³-hybridized carbons (Fsp3) is 0.353. The zero-order chi connectivity index (χ0) is 31.8. The minimum atomic E-state index is -0.936. The average Bonchev–Trinajstić information content (AvgIpc) is 2.99. The van der Waals surface area contributed by atoms with Crippen molar-refractivity contribution in [2.75, 3.05) is 0 Å². The number of pyridine rings is 4. The fourth-order valence-corrected chi connectivity index (χ4v) is 13.0. The predicted octanol–water partition coefficient (Wildman–Crippen LogP) is 6.83. The quantitative estimate of drug-likeness (QED) is 0.188. The Labute approximate surface area is 269 Å². The Hall–Kier alpha value is -3.36. The molecule has 4 aromatic rings. The van der Waals surface area contributed by atoms with Crippen molar-refractivity contribution in [3.63, 3.8) is 0 Å². The first-order valence-corrected chi connectivity index (χ1v) is 20.3. The van der Waals surface area contributed by atoms with Gasteiger partial charge in [-0.05, 0) is 68.9 Å². The van der Waals surface area contributed by atoms with Crippen LogP contribution in [0.25, 0.3) is 22.8 Å². The molecule has 4 rings (SSSR count). The molecule has 0 aliphatic heterocycles. The van der Waals surface area contributed by atoms with E-state index in [0.717, 1.165) is 44.9 Å². The van der Waals surface area contributed by atoms with Gasteiger partial charge >= 0.3 is 37.0 Å². The zero-order valence-electron chi connectivity index (χ0n) is 26.6. The summed E-state index contributed by atoms with van der Waals surface area (Å²) in [6.45, 7) is 18.7. The summed E-state index contributed by atoms with van der Waals surface area (Å²) in [6, 6.07) is 20.6. The Kier molecular flexibility index (Phi) is 15.9. The number of hydrogen-bond donors (Lipinski definition) is 0. The molecule has 6 nitrogen and oxygen atoms in total. The molecular weight excluding hydrogens is 650 g/mol. The predicted molar refractivity (Wildman–Crippen MR) is 180 cm³/mol. The maximum absolute atomic E-state index is 7.63. The van der Waals surface area contributed by atoms with Gasteiger partial charge in [0.2, 0.25) is 0 Å². The van der Waals surface area contributed by atoms with Crippen LogP contribution in [0.1, 0.15) is 55.4 Å². The van der Waals surface area contributed by atoms with Gasteiger partial charge < -0.3 is 0 Å². The van der Waals surface area contributed by atoms with E-state index in [9.17, 15) is 0 Å². The van der Waals surface area contributed by atoms with Crippen molar-refractivity contribution in [2.45, 2.75) is 77.6 Å². The molecule has 43 heavy (non-hydrogen) atoms. The van der Waals surface area contributed by atoms with Crippen LogP contribution in [0.5, 0.6) is 0 Å². The van der Waals surface area contributed by atoms with E-state index in [2.05, 4.69) is 112 Å². The first-order chi connectivity index (χ1) is 20.6. The van der Waals surface area contributed by atoms with Crippen LogP contribution in [-0.2, 0) is 17.1 Å². The van der Waals surface area contributed by atoms with E-state index < -0.39 is 34.7 Å². The molecule has 9 heteroatoms. The van der Waals surface area contributed by atoms with E-state index in [1.165, 1.54) is 10.4 Å². The Balaban J connectivity index is 0.000000260. The molecule has 0 N–H and O–H groups in total. The number of nitriles is 2. The Morgan fingerprint density at radius 1 is 0.512 bits per heavy atom. The Morgan fingerprint density at radius 3 is 1.07 bits per heavy atom. The van der Waals surface area contributed by atoms with Gasteiger partial charge in [-0.2, -0.15) is 0 Å². The van der Waals surface area contributed by atoms with Crippen molar-refractivity contribution in [2.24, 2.45) is 0 Å². The molecule has 0 saturated carbocycles. The molecule has 0 amide bonds. The van der Waals surface area contributed by atoms with Crippen molar-refractivity contribution in [3.05, 3.63) is 85.5 Å². The normalized spacial score (nSPS) is 10.8. The summed E-state index contributed by atoms with van der Waals surface area (Å²) < 4.78 is 3.49. The van der Waals surface area contributed by atoms with E-state index in [4.69, 9.17) is 10.5 Å². The molecule has 226 valence electrons. The second-order valence-electron chi connectivity index (χ2n) is 11.7. The van der Waals surface area contributed by atoms with Crippen LogP contribution in [0.3, 0.4) is 0 Å². The first-order valence-electron chi connectivity index (χ1n) is 14.7. The summed E-state index contributed by atoms with van der Waals surface area (Å²) in [5, 5.41) is 18.2. The van der Waals surface area contributed by atoms with E-state index in [0.29, 0.717) is 0 Å². The summed E-state index contributed by atoms with van der Waals surface area (Å²) in [5.41, 5.74) is 6.88. The molecule has 0 spiro atoms. The van der Waals surface area contributed by atoms with Crippen LogP contribution in [0.4, 0.5) is 0 Å². The van der Waals surface area contributed by atoms with Crippen molar-refractivity contribution < 1.29 is 17.1 Å². The molecule has 0 bridgehead atoms. The molecular formula is C34H44N6RuSi2. The summed E-state index contributed by atoms with van der Waals surface area (Å²) in [6.07, 6.45) is 7.76. The second kappa shape index (κ2) is 19.0. The van der Waals surface area contributed by atoms with Crippen LogP contribution in [-0.4, -0.2) is 37.5 Å². The van der Waals surface area contributed by atoms with E-state index >= 15 is 0 Å². The van der Waals surface area contributed by atoms with Gasteiger partial charge in [-0.1, -0.05) is 79.7 Å². The monoisotopic (exact) mass is 694 g/mol. The van der Waals surface area contributed by atoms with Crippen LogP contribution in [0, 0.1) is 19.9 Å². The fourth-order valence-electron chi connectivity index (χ4n) is 5.63. The molecule has 0 atom stereocenters. The number of hydrogen-bond acceptors (Lipinski definition) is 6. The van der Waals surface area contributed by atoms with Crippen LogP contribution in [0.15, 0.2) is 85.5 Å². The standard InChI is InChI=1S/2C16H22N2Si.2CN.Ru/c2*1-12(2)19(13(3)4)14-8-9-16(18-11-14)15-7-5-6-10-17-15;2*1-2;/h2*5-13,19H,1-4H3;;;. The van der Waals surface area contributed by atoms with Crippen molar-refractivity contribution >= 4 is 28.0 Å². The molecule has 0 fully saturated rings. The van der Waals surface area contributed by atoms with Gasteiger partial charge in [0.05, 0.1) is 40.4 Å². The number of aromatic nitrogens is 4. The van der Waals surface area contributed by atoms with Gasteiger partial charge in [0, 0.05) is 24.8 Å². The SMILES string of the molecule is CC(C)[SiH](c1ccc(-c2ccccn2)nc1)C(C)C.CC(C)[SiH](c1ccc(-c2ccccn2)nc1)C(C)C.N#[C][Ru][C]#N. The topological polar surface area (TPSA) is 99.1 Å². The summed E-state index contributed by atoms with van der Waals surface area (Å²) in [5.74, 6) is 0. The van der Waals surface area contributed by atoms with Crippen molar-refractivity contribution in [1.82, 2.24) is 19.9 Å². The van der Waals surface area contributed by atoms with Gasteiger partial charge in [-0.25, -0.2) is 0 Å². The number of nitrogens with zero attached hydrogens (tertiary/aromatic N) is 6. The zero-order valence-corrected chi connectivity index (χ0v) is 30.6. The van der Waals surface area contributed by atoms with Gasteiger partial charge in [-0.15, -0.1) is 0 Å². The first kappa shape index (κ1) is 35.8. The molecule has 4 heterocycles.